The van der Waals surface area contributed by atoms with Crippen LogP contribution in [0.2, 0.25) is 0 Å². The van der Waals surface area contributed by atoms with Gasteiger partial charge in [-0.25, -0.2) is 4.79 Å². The highest BCUT2D eigenvalue weighted by molar-refractivity contribution is 8.14. The second-order valence-corrected chi connectivity index (χ2v) is 8.36. The number of ketones is 1. The van der Waals surface area contributed by atoms with Gasteiger partial charge in [0.25, 0.3) is 0 Å². The summed E-state index contributed by atoms with van der Waals surface area (Å²) in [5, 5.41) is 1.64. The molecular weight excluding hydrogens is 402 g/mol. The van der Waals surface area contributed by atoms with Gasteiger partial charge in [0.1, 0.15) is 12.0 Å². The average Bonchev–Trinajstić information content (AvgIpc) is 3.29. The largest absolute Gasteiger partial charge is 0.391 e. The zero-order valence-corrected chi connectivity index (χ0v) is 17.4. The second kappa shape index (κ2) is 10.3. The summed E-state index contributed by atoms with van der Waals surface area (Å²) in [6, 6.07) is 16.6. The van der Waals surface area contributed by atoms with Crippen molar-refractivity contribution in [2.45, 2.75) is 37.0 Å². The first kappa shape index (κ1) is 21.9. The summed E-state index contributed by atoms with van der Waals surface area (Å²) in [5.41, 5.74) is 0.895. The van der Waals surface area contributed by atoms with Crippen LogP contribution in [0.3, 0.4) is 0 Å². The summed E-state index contributed by atoms with van der Waals surface area (Å²) in [4.78, 5) is 50.8. The molecule has 2 aromatic rings. The van der Waals surface area contributed by atoms with Crippen LogP contribution in [0.15, 0.2) is 60.7 Å². The topological polar surface area (TPSA) is 89.5 Å². The molecular formula is C23H23NO5S. The number of rotatable bonds is 7. The van der Waals surface area contributed by atoms with E-state index in [1.54, 1.807) is 60.7 Å². The molecule has 1 saturated heterocycles. The molecule has 30 heavy (non-hydrogen) atoms. The lowest BCUT2D eigenvalue weighted by Crippen LogP contribution is -2.38. The number of carbonyl (C=O) groups excluding carboxylic acids is 4. The Morgan fingerprint density at radius 3 is 2.20 bits per heavy atom. The van der Waals surface area contributed by atoms with E-state index in [-0.39, 0.29) is 10.9 Å². The van der Waals surface area contributed by atoms with Crippen LogP contribution < -0.4 is 5.32 Å². The standard InChI is InChI=1S/C23H23NO5S/c1-15(25)30-21(20(26)17-11-6-3-7-12-17)19(16-9-4-2-5-10-16)23(28)29-22(27)18-13-8-14-24-18/h2-7,9-12,18-19,21,24H,8,13-14H2,1H3/t18-,19?,21?/m0/s1. The lowest BCUT2D eigenvalue weighted by atomic mass is 9.91. The minimum absolute atomic E-state index is 0.304. The van der Waals surface area contributed by atoms with Crippen LogP contribution in [0.4, 0.5) is 0 Å². The van der Waals surface area contributed by atoms with Crippen molar-refractivity contribution in [3.8, 4) is 0 Å². The maximum atomic E-state index is 13.3. The molecule has 0 aliphatic carbocycles. The molecule has 0 radical (unpaired) electrons. The van der Waals surface area contributed by atoms with Crippen LogP contribution in [0.5, 0.6) is 0 Å². The summed E-state index contributed by atoms with van der Waals surface area (Å²) in [7, 11) is 0. The third kappa shape index (κ3) is 5.43. The number of nitrogens with one attached hydrogen (secondary N) is 1. The maximum absolute atomic E-state index is 13.3. The molecule has 6 nitrogen and oxygen atoms in total. The fraction of sp³-hybridized carbons (Fsp3) is 0.304. The third-order valence-electron chi connectivity index (χ3n) is 4.87. The molecule has 1 aliphatic rings. The fourth-order valence-electron chi connectivity index (χ4n) is 3.43. The molecule has 0 amide bonds. The van der Waals surface area contributed by atoms with E-state index in [1.807, 2.05) is 0 Å². The molecule has 0 bridgehead atoms. The average molecular weight is 426 g/mol. The molecule has 7 heteroatoms. The Kier molecular flexibility index (Phi) is 7.54. The van der Waals surface area contributed by atoms with Crippen molar-refractivity contribution in [3.05, 3.63) is 71.8 Å². The van der Waals surface area contributed by atoms with E-state index in [0.29, 0.717) is 24.1 Å². The number of ether oxygens (including phenoxy) is 1. The molecule has 3 atom stereocenters. The van der Waals surface area contributed by atoms with E-state index in [2.05, 4.69) is 5.32 Å². The Morgan fingerprint density at radius 2 is 1.63 bits per heavy atom. The van der Waals surface area contributed by atoms with Crippen LogP contribution in [0, 0.1) is 0 Å². The Bertz CT molecular complexity index is 910. The molecule has 1 aliphatic heterocycles. The number of thioether (sulfide) groups is 1. The Hall–Kier alpha value is -2.77. The van der Waals surface area contributed by atoms with E-state index in [1.165, 1.54) is 6.92 Å². The van der Waals surface area contributed by atoms with Crippen LogP contribution in [-0.2, 0) is 19.1 Å². The van der Waals surface area contributed by atoms with E-state index in [9.17, 15) is 19.2 Å². The molecule has 0 aromatic heterocycles. The molecule has 0 saturated carbocycles. The van der Waals surface area contributed by atoms with Crippen molar-refractivity contribution < 1.29 is 23.9 Å². The molecule has 2 aromatic carbocycles. The van der Waals surface area contributed by atoms with Gasteiger partial charge in [-0.3, -0.25) is 14.4 Å². The van der Waals surface area contributed by atoms with Crippen molar-refractivity contribution in [2.75, 3.05) is 6.54 Å². The van der Waals surface area contributed by atoms with Crippen molar-refractivity contribution in [2.24, 2.45) is 0 Å². The molecule has 0 spiro atoms. The van der Waals surface area contributed by atoms with Crippen molar-refractivity contribution in [1.82, 2.24) is 5.32 Å². The summed E-state index contributed by atoms with van der Waals surface area (Å²) >= 11 is 0.777. The van der Waals surface area contributed by atoms with Gasteiger partial charge >= 0.3 is 11.9 Å². The van der Waals surface area contributed by atoms with Crippen LogP contribution in [-0.4, -0.2) is 40.7 Å². The monoisotopic (exact) mass is 425 g/mol. The smallest absolute Gasteiger partial charge is 0.330 e. The van der Waals surface area contributed by atoms with Crippen molar-refractivity contribution in [1.29, 1.82) is 0 Å². The quantitative estimate of drug-likeness (QED) is 0.414. The van der Waals surface area contributed by atoms with Gasteiger partial charge < -0.3 is 10.1 Å². The maximum Gasteiger partial charge on any atom is 0.330 e. The number of carbonyl (C=O) groups is 4. The van der Waals surface area contributed by atoms with Gasteiger partial charge in [0.05, 0.1) is 5.25 Å². The van der Waals surface area contributed by atoms with Crippen molar-refractivity contribution in [3.63, 3.8) is 0 Å². The molecule has 156 valence electrons. The molecule has 2 unspecified atom stereocenters. The molecule has 1 N–H and O–H groups in total. The van der Waals surface area contributed by atoms with E-state index in [0.717, 1.165) is 18.2 Å². The van der Waals surface area contributed by atoms with Crippen molar-refractivity contribution >= 4 is 34.6 Å². The normalized spacial score (nSPS) is 17.7. The van der Waals surface area contributed by atoms with Crippen LogP contribution >= 0.6 is 11.8 Å². The minimum atomic E-state index is -1.10. The first-order valence-electron chi connectivity index (χ1n) is 9.77. The lowest BCUT2D eigenvalue weighted by molar-refractivity contribution is -0.161. The summed E-state index contributed by atoms with van der Waals surface area (Å²) in [6.07, 6.45) is 1.42. The van der Waals surface area contributed by atoms with Gasteiger partial charge in [-0.2, -0.15) is 0 Å². The predicted molar refractivity (Wildman–Crippen MR) is 114 cm³/mol. The number of esters is 2. The highest BCUT2D eigenvalue weighted by Crippen LogP contribution is 2.33. The van der Waals surface area contributed by atoms with Gasteiger partial charge in [0, 0.05) is 12.5 Å². The molecule has 3 rings (SSSR count). The van der Waals surface area contributed by atoms with Crippen LogP contribution in [0.1, 0.15) is 41.6 Å². The number of hydrogen-bond acceptors (Lipinski definition) is 7. The van der Waals surface area contributed by atoms with Gasteiger partial charge in [-0.1, -0.05) is 72.4 Å². The highest BCUT2D eigenvalue weighted by Gasteiger charge is 2.40. The summed E-state index contributed by atoms with van der Waals surface area (Å²) in [6.45, 7) is 2.03. The van der Waals surface area contributed by atoms with Gasteiger partial charge in [-0.15, -0.1) is 0 Å². The Labute approximate surface area is 179 Å². The molecule has 1 heterocycles. The zero-order chi connectivity index (χ0) is 21.5. The first-order chi connectivity index (χ1) is 14.5. The SMILES string of the molecule is CC(=O)SC(C(=O)c1ccccc1)C(C(=O)OC(=O)[C@@H]1CCCN1)c1ccccc1. The van der Waals surface area contributed by atoms with E-state index >= 15 is 0 Å². The molecule has 1 fully saturated rings. The van der Waals surface area contributed by atoms with Gasteiger partial charge in [-0.05, 0) is 24.9 Å². The number of Topliss-reactive ketones (excluding diaryl/α,β-unsaturated/α-hetero) is 1. The summed E-state index contributed by atoms with van der Waals surface area (Å²) < 4.78 is 5.18. The van der Waals surface area contributed by atoms with E-state index in [4.69, 9.17) is 4.74 Å². The summed E-state index contributed by atoms with van der Waals surface area (Å²) in [5.74, 6) is -2.95. The predicted octanol–water partition coefficient (Wildman–Crippen LogP) is 3.12. The lowest BCUT2D eigenvalue weighted by Gasteiger charge is -2.24. The highest BCUT2D eigenvalue weighted by atomic mass is 32.2. The minimum Gasteiger partial charge on any atom is -0.391 e. The number of benzene rings is 2. The Morgan fingerprint density at radius 1 is 1.00 bits per heavy atom. The second-order valence-electron chi connectivity index (χ2n) is 7.04. The van der Waals surface area contributed by atoms with Gasteiger partial charge in [0.2, 0.25) is 0 Å². The van der Waals surface area contributed by atoms with E-state index < -0.39 is 29.1 Å². The van der Waals surface area contributed by atoms with Gasteiger partial charge in [0.15, 0.2) is 10.9 Å². The van der Waals surface area contributed by atoms with Crippen LogP contribution in [0.25, 0.3) is 0 Å². The first-order valence-corrected chi connectivity index (χ1v) is 10.7. The fourth-order valence-corrected chi connectivity index (χ4v) is 4.44. The Balaban J connectivity index is 1.95. The zero-order valence-electron chi connectivity index (χ0n) is 16.6. The number of hydrogen-bond donors (Lipinski definition) is 1. The third-order valence-corrected chi connectivity index (χ3v) is 5.94.